The number of nitrogens with one attached hydrogen (secondary N) is 2. The van der Waals surface area contributed by atoms with Gasteiger partial charge in [-0.1, -0.05) is 39.8 Å². The first kappa shape index (κ1) is 44.9. The maximum atomic E-state index is 14.1. The van der Waals surface area contributed by atoms with E-state index in [0.717, 1.165) is 12.8 Å². The summed E-state index contributed by atoms with van der Waals surface area (Å²) < 4.78 is 16.6. The van der Waals surface area contributed by atoms with Gasteiger partial charge in [0.05, 0.1) is 24.3 Å². The van der Waals surface area contributed by atoms with Crippen LogP contribution in [0.15, 0.2) is 24.3 Å². The Morgan fingerprint density at radius 1 is 0.981 bits per heavy atom. The standard InChI is InChI=1S/C40H68N4O8/c1-11-44(43-20-18-30(19-21-43)29(6)45)38(48)33(28(4)5)25-35(46)34(42-39(49)52-40(7,8)9)24-31(27(2)3)26-41-37(47)32-16-12-13-17-36(32)51-23-15-14-22-50-10/h12-13,16-17,27-28,30-31,33-35,46H,11,14-15,18-26H2,1-10H3,(H,41,47)(H,42,49). The van der Waals surface area contributed by atoms with Crippen LogP contribution in [0.2, 0.25) is 0 Å². The number of ether oxygens (including phenoxy) is 3. The number of aliphatic hydroxyl groups is 1. The van der Waals surface area contributed by atoms with Gasteiger partial charge in [-0.2, -0.15) is 0 Å². The Balaban J connectivity index is 2.23. The molecule has 12 nitrogen and oxygen atoms in total. The Morgan fingerprint density at radius 3 is 2.17 bits per heavy atom. The van der Waals surface area contributed by atoms with Crippen LogP contribution in [0, 0.1) is 29.6 Å². The third kappa shape index (κ3) is 15.0. The second-order valence-electron chi connectivity index (χ2n) is 15.8. The van der Waals surface area contributed by atoms with Crippen molar-refractivity contribution in [3.8, 4) is 5.75 Å². The largest absolute Gasteiger partial charge is 0.493 e. The fourth-order valence-corrected chi connectivity index (χ4v) is 6.60. The summed E-state index contributed by atoms with van der Waals surface area (Å²) in [6.07, 6.45) is 1.80. The maximum absolute atomic E-state index is 14.1. The van der Waals surface area contributed by atoms with E-state index in [2.05, 4.69) is 10.6 Å². The van der Waals surface area contributed by atoms with Crippen LogP contribution in [0.5, 0.6) is 5.75 Å². The van der Waals surface area contributed by atoms with Crippen LogP contribution in [0.1, 0.15) is 111 Å². The van der Waals surface area contributed by atoms with Gasteiger partial charge in [0, 0.05) is 51.7 Å². The Kier molecular flexibility index (Phi) is 19.1. The molecule has 12 heteroatoms. The van der Waals surface area contributed by atoms with Crippen molar-refractivity contribution in [3.63, 3.8) is 0 Å². The summed E-state index contributed by atoms with van der Waals surface area (Å²) in [4.78, 5) is 52.6. The van der Waals surface area contributed by atoms with Gasteiger partial charge in [-0.05, 0) is 103 Å². The van der Waals surface area contributed by atoms with E-state index in [4.69, 9.17) is 14.2 Å². The minimum Gasteiger partial charge on any atom is -0.493 e. The smallest absolute Gasteiger partial charge is 0.407 e. The molecule has 0 spiro atoms. The van der Waals surface area contributed by atoms with Crippen molar-refractivity contribution in [1.29, 1.82) is 0 Å². The summed E-state index contributed by atoms with van der Waals surface area (Å²) in [6, 6.07) is 6.39. The normalized spacial score (nSPS) is 16.6. The van der Waals surface area contributed by atoms with Crippen molar-refractivity contribution < 1.29 is 38.5 Å². The fraction of sp³-hybridized carbons (Fsp3) is 0.750. The van der Waals surface area contributed by atoms with Gasteiger partial charge in [0.25, 0.3) is 5.91 Å². The number of piperidine rings is 1. The van der Waals surface area contributed by atoms with Crippen LogP contribution in [0.25, 0.3) is 0 Å². The predicted octanol–water partition coefficient (Wildman–Crippen LogP) is 5.87. The molecule has 4 atom stereocenters. The lowest BCUT2D eigenvalue weighted by atomic mass is 9.82. The first-order valence-corrected chi connectivity index (χ1v) is 19.2. The lowest BCUT2D eigenvalue weighted by molar-refractivity contribution is -0.159. The van der Waals surface area contributed by atoms with Gasteiger partial charge in [0.1, 0.15) is 17.1 Å². The van der Waals surface area contributed by atoms with Gasteiger partial charge >= 0.3 is 6.09 Å². The van der Waals surface area contributed by atoms with Crippen LogP contribution in [-0.2, 0) is 19.1 Å². The summed E-state index contributed by atoms with van der Waals surface area (Å²) in [7, 11) is 1.66. The topological polar surface area (TPSA) is 147 Å². The number of Topliss-reactive ketones (excluding diaryl/α,β-unsaturated/α-hetero) is 1. The zero-order valence-corrected chi connectivity index (χ0v) is 33.5. The molecule has 1 aliphatic heterocycles. The zero-order chi connectivity index (χ0) is 39.0. The van der Waals surface area contributed by atoms with E-state index >= 15 is 0 Å². The third-order valence-corrected chi connectivity index (χ3v) is 9.88. The number of benzene rings is 1. The number of alkyl carbamates (subject to hydrolysis) is 1. The molecule has 0 bridgehead atoms. The highest BCUT2D eigenvalue weighted by Crippen LogP contribution is 2.28. The van der Waals surface area contributed by atoms with E-state index in [1.807, 2.05) is 45.7 Å². The van der Waals surface area contributed by atoms with E-state index in [1.165, 1.54) is 0 Å². The van der Waals surface area contributed by atoms with Crippen molar-refractivity contribution in [2.45, 2.75) is 119 Å². The highest BCUT2D eigenvalue weighted by Gasteiger charge is 2.37. The van der Waals surface area contributed by atoms with Gasteiger partial charge in [-0.3, -0.25) is 19.4 Å². The molecule has 1 aromatic carbocycles. The summed E-state index contributed by atoms with van der Waals surface area (Å²) in [5, 5.41) is 21.6. The van der Waals surface area contributed by atoms with Crippen molar-refractivity contribution in [2.24, 2.45) is 29.6 Å². The minimum atomic E-state index is -1.07. The van der Waals surface area contributed by atoms with Crippen LogP contribution >= 0.6 is 0 Å². The molecule has 0 radical (unpaired) electrons. The molecule has 1 aromatic rings. The number of hydrazine groups is 1. The number of nitrogens with zero attached hydrogens (tertiary/aromatic N) is 2. The molecular formula is C40H68N4O8. The fourth-order valence-electron chi connectivity index (χ4n) is 6.60. The molecule has 1 fully saturated rings. The maximum Gasteiger partial charge on any atom is 0.407 e. The molecule has 4 unspecified atom stereocenters. The van der Waals surface area contributed by atoms with E-state index < -0.39 is 29.8 Å². The van der Waals surface area contributed by atoms with E-state index in [9.17, 15) is 24.3 Å². The highest BCUT2D eigenvalue weighted by molar-refractivity contribution is 5.96. The molecule has 3 N–H and O–H groups in total. The van der Waals surface area contributed by atoms with Gasteiger partial charge < -0.3 is 30.0 Å². The van der Waals surface area contributed by atoms with Crippen LogP contribution < -0.4 is 15.4 Å². The molecule has 52 heavy (non-hydrogen) atoms. The van der Waals surface area contributed by atoms with Crippen molar-refractivity contribution in [2.75, 3.05) is 46.5 Å². The van der Waals surface area contributed by atoms with Crippen LogP contribution in [0.4, 0.5) is 4.79 Å². The number of carbonyl (C=O) groups excluding carboxylic acids is 4. The van der Waals surface area contributed by atoms with Crippen molar-refractivity contribution in [3.05, 3.63) is 29.8 Å². The number of hydrogen-bond donors (Lipinski definition) is 3. The molecular weight excluding hydrogens is 664 g/mol. The zero-order valence-electron chi connectivity index (χ0n) is 33.5. The number of ketones is 1. The molecule has 1 saturated heterocycles. The number of rotatable bonds is 21. The highest BCUT2D eigenvalue weighted by atomic mass is 16.6. The molecule has 296 valence electrons. The third-order valence-electron chi connectivity index (χ3n) is 9.88. The number of carbonyl (C=O) groups is 4. The molecule has 2 rings (SSSR count). The number of hydrogen-bond acceptors (Lipinski definition) is 9. The lowest BCUT2D eigenvalue weighted by Crippen LogP contribution is -2.54. The number of methoxy groups -OCH3 is 1. The number of amides is 3. The average Bonchev–Trinajstić information content (AvgIpc) is 3.07. The lowest BCUT2D eigenvalue weighted by Gasteiger charge is -2.41. The van der Waals surface area contributed by atoms with Crippen LogP contribution in [0.3, 0.4) is 0 Å². The summed E-state index contributed by atoms with van der Waals surface area (Å²) in [5.41, 5.74) is -0.317. The summed E-state index contributed by atoms with van der Waals surface area (Å²) >= 11 is 0. The number of unbranched alkanes of at least 4 members (excludes halogenated alkanes) is 1. The minimum absolute atomic E-state index is 0.0189. The quantitative estimate of drug-likeness (QED) is 0.132. The second-order valence-corrected chi connectivity index (χ2v) is 15.8. The molecule has 0 aromatic heterocycles. The Hall–Kier alpha value is -3.22. The molecule has 1 heterocycles. The van der Waals surface area contributed by atoms with Crippen molar-refractivity contribution >= 4 is 23.7 Å². The second kappa shape index (κ2) is 22.1. The Bertz CT molecular complexity index is 1260. The first-order valence-electron chi connectivity index (χ1n) is 19.2. The van der Waals surface area contributed by atoms with Gasteiger partial charge in [0.15, 0.2) is 0 Å². The Morgan fingerprint density at radius 2 is 1.62 bits per heavy atom. The first-order chi connectivity index (χ1) is 24.5. The van der Waals surface area contributed by atoms with E-state index in [0.29, 0.717) is 70.0 Å². The molecule has 0 saturated carbocycles. The van der Waals surface area contributed by atoms with Gasteiger partial charge in [-0.15, -0.1) is 0 Å². The van der Waals surface area contributed by atoms with Gasteiger partial charge in [0.2, 0.25) is 5.91 Å². The average molecular weight is 733 g/mol. The monoisotopic (exact) mass is 733 g/mol. The van der Waals surface area contributed by atoms with Crippen LogP contribution in [-0.4, -0.2) is 103 Å². The summed E-state index contributed by atoms with van der Waals surface area (Å²) in [6.45, 7) is 20.0. The molecule has 0 aliphatic carbocycles. The number of aliphatic hydroxyl groups excluding tert-OH is 1. The Labute approximate surface area is 312 Å². The summed E-state index contributed by atoms with van der Waals surface area (Å²) in [5.74, 6) is -0.306. The predicted molar refractivity (Wildman–Crippen MR) is 203 cm³/mol. The van der Waals surface area contributed by atoms with Crippen molar-refractivity contribution in [1.82, 2.24) is 20.7 Å². The SMILES string of the molecule is CCN(C(=O)C(CC(O)C(CC(CNC(=O)c1ccccc1OCCCCOC)C(C)C)NC(=O)OC(C)(C)C)C(C)C)N1CCC(C(C)=O)CC1. The number of para-hydroxylation sites is 1. The van der Waals surface area contributed by atoms with E-state index in [1.54, 1.807) is 58.0 Å². The molecule has 1 aliphatic rings. The molecule has 3 amide bonds. The van der Waals surface area contributed by atoms with Gasteiger partial charge in [-0.25, -0.2) is 9.80 Å². The van der Waals surface area contributed by atoms with E-state index in [-0.39, 0.29) is 47.7 Å².